The topological polar surface area (TPSA) is 62.4 Å². The molecule has 0 aliphatic heterocycles. The third-order valence-electron chi connectivity index (χ3n) is 2.45. The first-order chi connectivity index (χ1) is 6.72. The Balaban J connectivity index is 2.43. The van der Waals surface area contributed by atoms with Crippen LogP contribution in [0, 0.1) is 0 Å². The quantitative estimate of drug-likeness (QED) is 0.270. The zero-order valence-electron chi connectivity index (χ0n) is 9.21. The predicted molar refractivity (Wildman–Crippen MR) is 59.9 cm³/mol. The van der Waals surface area contributed by atoms with Crippen molar-refractivity contribution in [3.63, 3.8) is 0 Å². The number of rotatable bonds is 2. The highest BCUT2D eigenvalue weighted by Gasteiger charge is 2.12. The summed E-state index contributed by atoms with van der Waals surface area (Å²) in [6.45, 7) is 4.15. The van der Waals surface area contributed by atoms with E-state index in [9.17, 15) is 0 Å². The lowest BCUT2D eigenvalue weighted by molar-refractivity contribution is 0.440. The summed E-state index contributed by atoms with van der Waals surface area (Å²) < 4.78 is 0. The number of nitrogens with two attached hydrogens (primary N) is 1. The number of guanidine groups is 1. The summed E-state index contributed by atoms with van der Waals surface area (Å²) in [7, 11) is 0. The zero-order valence-corrected chi connectivity index (χ0v) is 9.21. The molecule has 0 aromatic rings. The minimum Gasteiger partial charge on any atom is -0.353 e. The minimum atomic E-state index is 0.369. The van der Waals surface area contributed by atoms with E-state index in [1.807, 2.05) is 0 Å². The monoisotopic (exact) mass is 198 g/mol. The lowest BCUT2D eigenvalue weighted by Crippen LogP contribution is -2.45. The van der Waals surface area contributed by atoms with Gasteiger partial charge >= 0.3 is 0 Å². The second-order valence-electron chi connectivity index (χ2n) is 4.21. The Labute approximate surface area is 86.3 Å². The number of nitrogens with zero attached hydrogens (tertiary/aromatic N) is 1. The average molecular weight is 198 g/mol. The van der Waals surface area contributed by atoms with E-state index >= 15 is 0 Å². The zero-order chi connectivity index (χ0) is 10.4. The maximum Gasteiger partial charge on any atom is 0.206 e. The van der Waals surface area contributed by atoms with Gasteiger partial charge in [-0.1, -0.05) is 19.3 Å². The molecule has 0 saturated heterocycles. The average Bonchev–Trinajstić information content (AvgIpc) is 2.17. The van der Waals surface area contributed by atoms with Crippen LogP contribution < -0.4 is 16.6 Å². The van der Waals surface area contributed by atoms with Crippen LogP contribution >= 0.6 is 0 Å². The van der Waals surface area contributed by atoms with Gasteiger partial charge in [-0.2, -0.15) is 0 Å². The van der Waals surface area contributed by atoms with Crippen LogP contribution in [-0.4, -0.2) is 18.0 Å². The van der Waals surface area contributed by atoms with Crippen molar-refractivity contribution >= 4 is 5.96 Å². The standard InChI is InChI=1S/C10H22N4/c1-8(2)12-10(14-11)13-9-6-4-3-5-7-9/h8-9H,3-7,11H2,1-2H3,(H2,12,13,14). The Morgan fingerprint density at radius 1 is 1.29 bits per heavy atom. The van der Waals surface area contributed by atoms with E-state index in [-0.39, 0.29) is 0 Å². The van der Waals surface area contributed by atoms with Gasteiger partial charge in [-0.05, 0) is 26.7 Å². The summed E-state index contributed by atoms with van der Waals surface area (Å²) >= 11 is 0. The molecule has 0 heterocycles. The lowest BCUT2D eigenvalue weighted by Gasteiger charge is -2.20. The number of aliphatic imine (C=N–C) groups is 1. The number of nitrogens with one attached hydrogen (secondary N) is 2. The van der Waals surface area contributed by atoms with Gasteiger partial charge in [0.1, 0.15) is 0 Å². The third-order valence-corrected chi connectivity index (χ3v) is 2.45. The number of hydrogen-bond donors (Lipinski definition) is 3. The Hall–Kier alpha value is -0.770. The van der Waals surface area contributed by atoms with E-state index in [0.29, 0.717) is 12.1 Å². The molecule has 1 rings (SSSR count). The van der Waals surface area contributed by atoms with E-state index in [4.69, 9.17) is 5.84 Å². The molecule has 1 saturated carbocycles. The molecule has 0 spiro atoms. The fraction of sp³-hybridized carbons (Fsp3) is 0.900. The van der Waals surface area contributed by atoms with E-state index in [0.717, 1.165) is 5.96 Å². The van der Waals surface area contributed by atoms with Crippen molar-refractivity contribution in [1.29, 1.82) is 0 Å². The Morgan fingerprint density at radius 2 is 1.93 bits per heavy atom. The molecule has 4 heteroatoms. The SMILES string of the molecule is CC(C)NC(=NC1CCCCC1)NN. The first kappa shape index (κ1) is 11.3. The minimum absolute atomic E-state index is 0.369. The van der Waals surface area contributed by atoms with Gasteiger partial charge in [0.05, 0.1) is 6.04 Å². The normalized spacial score (nSPS) is 19.9. The Morgan fingerprint density at radius 3 is 2.43 bits per heavy atom. The summed E-state index contributed by atoms with van der Waals surface area (Å²) in [5, 5.41) is 3.19. The van der Waals surface area contributed by atoms with Gasteiger partial charge in [0.25, 0.3) is 0 Å². The van der Waals surface area contributed by atoms with Crippen LogP contribution in [0.1, 0.15) is 46.0 Å². The van der Waals surface area contributed by atoms with Crippen LogP contribution in [0.3, 0.4) is 0 Å². The van der Waals surface area contributed by atoms with Crippen LogP contribution in [0.15, 0.2) is 4.99 Å². The van der Waals surface area contributed by atoms with E-state index < -0.39 is 0 Å². The van der Waals surface area contributed by atoms with Gasteiger partial charge in [-0.15, -0.1) is 0 Å². The maximum absolute atomic E-state index is 5.39. The van der Waals surface area contributed by atoms with E-state index in [1.54, 1.807) is 0 Å². The second kappa shape index (κ2) is 5.86. The first-order valence-corrected chi connectivity index (χ1v) is 5.53. The number of hydrazine groups is 1. The number of hydrogen-bond acceptors (Lipinski definition) is 2. The van der Waals surface area contributed by atoms with Crippen molar-refractivity contribution in [2.24, 2.45) is 10.8 Å². The Bertz CT molecular complexity index is 183. The summed E-state index contributed by atoms with van der Waals surface area (Å²) in [5.74, 6) is 6.12. The van der Waals surface area contributed by atoms with Gasteiger partial charge in [-0.3, -0.25) is 5.43 Å². The summed E-state index contributed by atoms with van der Waals surface area (Å²) in [4.78, 5) is 4.56. The summed E-state index contributed by atoms with van der Waals surface area (Å²) in [5.41, 5.74) is 2.62. The molecule has 0 amide bonds. The van der Waals surface area contributed by atoms with Gasteiger partial charge in [0.15, 0.2) is 0 Å². The van der Waals surface area contributed by atoms with Crippen LogP contribution in [0.2, 0.25) is 0 Å². The molecule has 1 aliphatic carbocycles. The molecule has 0 aromatic heterocycles. The van der Waals surface area contributed by atoms with Crippen LogP contribution in [0.25, 0.3) is 0 Å². The van der Waals surface area contributed by atoms with Crippen LogP contribution in [0.5, 0.6) is 0 Å². The Kier molecular flexibility index (Phi) is 4.73. The van der Waals surface area contributed by atoms with Crippen LogP contribution in [-0.2, 0) is 0 Å². The van der Waals surface area contributed by atoms with Crippen molar-refractivity contribution in [3.8, 4) is 0 Å². The third kappa shape index (κ3) is 3.96. The summed E-state index contributed by atoms with van der Waals surface area (Å²) in [6.07, 6.45) is 6.35. The molecule has 0 radical (unpaired) electrons. The van der Waals surface area contributed by atoms with Crippen molar-refractivity contribution < 1.29 is 0 Å². The maximum atomic E-state index is 5.39. The molecular weight excluding hydrogens is 176 g/mol. The second-order valence-corrected chi connectivity index (χ2v) is 4.21. The molecular formula is C10H22N4. The molecule has 0 bridgehead atoms. The summed E-state index contributed by atoms with van der Waals surface area (Å²) in [6, 6.07) is 0.828. The van der Waals surface area contributed by atoms with Crippen molar-refractivity contribution in [2.75, 3.05) is 0 Å². The lowest BCUT2D eigenvalue weighted by atomic mass is 9.96. The first-order valence-electron chi connectivity index (χ1n) is 5.53. The molecule has 1 aliphatic rings. The molecule has 4 nitrogen and oxygen atoms in total. The predicted octanol–water partition coefficient (Wildman–Crippen LogP) is 1.14. The van der Waals surface area contributed by atoms with Crippen molar-refractivity contribution in [3.05, 3.63) is 0 Å². The highest BCUT2D eigenvalue weighted by Crippen LogP contribution is 2.19. The highest BCUT2D eigenvalue weighted by atomic mass is 15.3. The van der Waals surface area contributed by atoms with Crippen molar-refractivity contribution in [2.45, 2.75) is 58.0 Å². The van der Waals surface area contributed by atoms with Gasteiger partial charge < -0.3 is 5.32 Å². The van der Waals surface area contributed by atoms with E-state index in [2.05, 4.69) is 29.6 Å². The largest absolute Gasteiger partial charge is 0.353 e. The fourth-order valence-electron chi connectivity index (χ4n) is 1.78. The van der Waals surface area contributed by atoms with Gasteiger partial charge in [0, 0.05) is 6.04 Å². The van der Waals surface area contributed by atoms with E-state index in [1.165, 1.54) is 32.1 Å². The molecule has 0 aromatic carbocycles. The molecule has 0 unspecified atom stereocenters. The molecule has 14 heavy (non-hydrogen) atoms. The smallest absolute Gasteiger partial charge is 0.206 e. The van der Waals surface area contributed by atoms with Crippen molar-refractivity contribution in [1.82, 2.24) is 10.7 Å². The highest BCUT2D eigenvalue weighted by molar-refractivity contribution is 5.79. The molecule has 1 fully saturated rings. The fourth-order valence-corrected chi connectivity index (χ4v) is 1.78. The van der Waals surface area contributed by atoms with Crippen LogP contribution in [0.4, 0.5) is 0 Å². The molecule has 4 N–H and O–H groups in total. The van der Waals surface area contributed by atoms with Gasteiger partial charge in [0.2, 0.25) is 5.96 Å². The molecule has 0 atom stereocenters. The molecule has 82 valence electrons. The van der Waals surface area contributed by atoms with Gasteiger partial charge in [-0.25, -0.2) is 10.8 Å².